The van der Waals surface area contributed by atoms with E-state index in [4.69, 9.17) is 18.0 Å². The maximum atomic E-state index is 5.69. The van der Waals surface area contributed by atoms with Gasteiger partial charge in [-0.05, 0) is 43.5 Å². The monoisotopic (exact) mass is 278 g/mol. The molecule has 0 bridgehead atoms. The van der Waals surface area contributed by atoms with Crippen LogP contribution in [-0.2, 0) is 0 Å². The molecule has 2 nitrogen and oxygen atoms in total. The average molecular weight is 278 g/mol. The molecule has 1 aromatic carbocycles. The summed E-state index contributed by atoms with van der Waals surface area (Å²) in [6.07, 6.45) is 6.20. The third kappa shape index (κ3) is 5.19. The highest BCUT2D eigenvalue weighted by atomic mass is 32.1. The predicted octanol–water partition coefficient (Wildman–Crippen LogP) is 4.40. The number of aryl methyl sites for hydroxylation is 1. The first-order valence-corrected chi connectivity index (χ1v) is 7.66. The number of thiocarbonyl (C=S) groups is 1. The van der Waals surface area contributed by atoms with E-state index in [0.29, 0.717) is 11.0 Å². The van der Waals surface area contributed by atoms with Crippen LogP contribution in [0.1, 0.15) is 57.1 Å². The van der Waals surface area contributed by atoms with Gasteiger partial charge in [0.05, 0.1) is 0 Å². The molecule has 0 amide bonds. The van der Waals surface area contributed by atoms with Crippen molar-refractivity contribution in [3.8, 4) is 0 Å². The lowest BCUT2D eigenvalue weighted by Gasteiger charge is -2.20. The third-order valence-corrected chi connectivity index (χ3v) is 3.63. The fourth-order valence-corrected chi connectivity index (χ4v) is 2.58. The van der Waals surface area contributed by atoms with Gasteiger partial charge in [0, 0.05) is 17.3 Å². The van der Waals surface area contributed by atoms with Crippen molar-refractivity contribution >= 4 is 22.9 Å². The predicted molar refractivity (Wildman–Crippen MR) is 88.9 cm³/mol. The fourth-order valence-electron chi connectivity index (χ4n) is 2.35. The molecule has 0 radical (unpaired) electrons. The Hall–Kier alpha value is -1.09. The van der Waals surface area contributed by atoms with Gasteiger partial charge < -0.3 is 11.1 Å². The normalized spacial score (nSPS) is 12.2. The van der Waals surface area contributed by atoms with Crippen LogP contribution in [0.15, 0.2) is 18.2 Å². The molecule has 0 aromatic heterocycles. The summed E-state index contributed by atoms with van der Waals surface area (Å²) in [7, 11) is 0. The summed E-state index contributed by atoms with van der Waals surface area (Å²) in [6.45, 7) is 6.53. The molecule has 3 N–H and O–H groups in total. The van der Waals surface area contributed by atoms with Crippen LogP contribution in [0.25, 0.3) is 0 Å². The van der Waals surface area contributed by atoms with Gasteiger partial charge in [0.15, 0.2) is 0 Å². The van der Waals surface area contributed by atoms with Gasteiger partial charge in [0.2, 0.25) is 0 Å². The Bertz CT molecular complexity index is 415. The minimum atomic E-state index is 0.472. The molecule has 0 fully saturated rings. The summed E-state index contributed by atoms with van der Waals surface area (Å²) in [5.74, 6) is 0. The van der Waals surface area contributed by atoms with Crippen LogP contribution in [0.4, 0.5) is 5.69 Å². The van der Waals surface area contributed by atoms with Crippen molar-refractivity contribution in [2.75, 3.05) is 5.32 Å². The Morgan fingerprint density at radius 2 is 2.00 bits per heavy atom. The topological polar surface area (TPSA) is 38.0 Å². The van der Waals surface area contributed by atoms with Crippen LogP contribution in [0.5, 0.6) is 0 Å². The first-order valence-electron chi connectivity index (χ1n) is 7.25. The molecule has 1 rings (SSSR count). The number of benzene rings is 1. The van der Waals surface area contributed by atoms with E-state index in [1.54, 1.807) is 0 Å². The molecule has 0 heterocycles. The zero-order valence-electron chi connectivity index (χ0n) is 12.3. The Morgan fingerprint density at radius 3 is 2.53 bits per heavy atom. The number of anilines is 1. The molecular formula is C16H26N2S. The summed E-state index contributed by atoms with van der Waals surface area (Å²) >= 11 is 5.04. The van der Waals surface area contributed by atoms with Gasteiger partial charge in [0.25, 0.3) is 0 Å². The van der Waals surface area contributed by atoms with E-state index in [-0.39, 0.29) is 0 Å². The Morgan fingerprint density at radius 1 is 1.26 bits per heavy atom. The highest BCUT2D eigenvalue weighted by Crippen LogP contribution is 2.19. The fraction of sp³-hybridized carbons (Fsp3) is 0.562. The number of nitrogens with two attached hydrogens (primary N) is 1. The van der Waals surface area contributed by atoms with Crippen LogP contribution in [0, 0.1) is 6.92 Å². The minimum Gasteiger partial charge on any atom is -0.389 e. The maximum Gasteiger partial charge on any atom is 0.104 e. The quantitative estimate of drug-likeness (QED) is 0.692. The molecule has 0 aliphatic heterocycles. The zero-order valence-corrected chi connectivity index (χ0v) is 13.1. The van der Waals surface area contributed by atoms with E-state index in [2.05, 4.69) is 38.2 Å². The Kier molecular flexibility index (Phi) is 6.85. The van der Waals surface area contributed by atoms with Crippen LogP contribution in [0.3, 0.4) is 0 Å². The van der Waals surface area contributed by atoms with Crippen molar-refractivity contribution in [3.63, 3.8) is 0 Å². The van der Waals surface area contributed by atoms with E-state index in [9.17, 15) is 0 Å². The van der Waals surface area contributed by atoms with Gasteiger partial charge in [0.1, 0.15) is 4.99 Å². The van der Waals surface area contributed by atoms with Crippen molar-refractivity contribution in [3.05, 3.63) is 29.3 Å². The van der Waals surface area contributed by atoms with E-state index in [1.807, 2.05) is 6.07 Å². The maximum absolute atomic E-state index is 5.69. The summed E-state index contributed by atoms with van der Waals surface area (Å²) in [4.78, 5) is 0.472. The molecule has 0 saturated carbocycles. The zero-order chi connectivity index (χ0) is 14.3. The molecule has 106 valence electrons. The molecule has 3 heteroatoms. The number of rotatable bonds is 8. The molecule has 1 aromatic rings. The van der Waals surface area contributed by atoms with Crippen LogP contribution in [-0.4, -0.2) is 11.0 Å². The van der Waals surface area contributed by atoms with Crippen LogP contribution < -0.4 is 11.1 Å². The number of hydrogen-bond acceptors (Lipinski definition) is 2. The van der Waals surface area contributed by atoms with E-state index >= 15 is 0 Å². The van der Waals surface area contributed by atoms with Crippen molar-refractivity contribution in [1.82, 2.24) is 0 Å². The van der Waals surface area contributed by atoms with Crippen molar-refractivity contribution in [2.24, 2.45) is 5.73 Å². The third-order valence-electron chi connectivity index (χ3n) is 3.41. The standard InChI is InChI=1S/C16H26N2S/c1-4-6-8-13(7-5-2)18-14-9-10-15(16(17)19)12(3)11-14/h9-11,13,18H,4-8H2,1-3H3,(H2,17,19). The molecule has 1 unspecified atom stereocenters. The first kappa shape index (κ1) is 16.0. The largest absolute Gasteiger partial charge is 0.389 e. The molecule has 19 heavy (non-hydrogen) atoms. The van der Waals surface area contributed by atoms with Crippen molar-refractivity contribution < 1.29 is 0 Å². The van der Waals surface area contributed by atoms with Gasteiger partial charge >= 0.3 is 0 Å². The summed E-state index contributed by atoms with van der Waals surface area (Å²) in [5, 5.41) is 3.64. The lowest BCUT2D eigenvalue weighted by Crippen LogP contribution is -2.19. The van der Waals surface area contributed by atoms with Gasteiger partial charge in [-0.2, -0.15) is 0 Å². The number of unbranched alkanes of at least 4 members (excludes halogenated alkanes) is 1. The minimum absolute atomic E-state index is 0.472. The highest BCUT2D eigenvalue weighted by molar-refractivity contribution is 7.80. The molecule has 0 aliphatic carbocycles. The molecular weight excluding hydrogens is 252 g/mol. The van der Waals surface area contributed by atoms with Gasteiger partial charge in [-0.3, -0.25) is 0 Å². The van der Waals surface area contributed by atoms with Crippen molar-refractivity contribution in [1.29, 1.82) is 0 Å². The van der Waals surface area contributed by atoms with Gasteiger partial charge in [-0.1, -0.05) is 45.3 Å². The second-order valence-electron chi connectivity index (χ2n) is 5.17. The Labute approximate surface area is 122 Å². The number of hydrogen-bond donors (Lipinski definition) is 2. The summed E-state index contributed by atoms with van der Waals surface area (Å²) < 4.78 is 0. The molecule has 0 spiro atoms. The molecule has 0 saturated heterocycles. The van der Waals surface area contributed by atoms with E-state index in [1.165, 1.54) is 37.8 Å². The second kappa shape index (κ2) is 8.16. The summed E-state index contributed by atoms with van der Waals surface area (Å²) in [5.41, 5.74) is 8.98. The smallest absolute Gasteiger partial charge is 0.104 e. The number of nitrogens with one attached hydrogen (secondary N) is 1. The Balaban J connectivity index is 2.73. The average Bonchev–Trinajstić information content (AvgIpc) is 2.36. The van der Waals surface area contributed by atoms with E-state index < -0.39 is 0 Å². The second-order valence-corrected chi connectivity index (χ2v) is 5.61. The van der Waals surface area contributed by atoms with Crippen LogP contribution in [0.2, 0.25) is 0 Å². The lowest BCUT2D eigenvalue weighted by atomic mass is 10.0. The van der Waals surface area contributed by atoms with Gasteiger partial charge in [-0.15, -0.1) is 0 Å². The van der Waals surface area contributed by atoms with Crippen LogP contribution >= 0.6 is 12.2 Å². The molecule has 0 aliphatic rings. The van der Waals surface area contributed by atoms with Gasteiger partial charge in [-0.25, -0.2) is 0 Å². The molecule has 1 atom stereocenters. The SMILES string of the molecule is CCCCC(CCC)Nc1ccc(C(N)=S)c(C)c1. The first-order chi connectivity index (χ1) is 9.08. The van der Waals surface area contributed by atoms with E-state index in [0.717, 1.165) is 11.1 Å². The van der Waals surface area contributed by atoms with Crippen molar-refractivity contribution in [2.45, 2.75) is 58.9 Å². The lowest BCUT2D eigenvalue weighted by molar-refractivity contribution is 0.564. The summed E-state index contributed by atoms with van der Waals surface area (Å²) in [6, 6.07) is 6.81. The highest BCUT2D eigenvalue weighted by Gasteiger charge is 2.08.